The standard InChI is InChI=1S/C17H30N4O9/c1-7(2)4-9(18)14(26)20-11(6-22)15(27)21-13(8(3)23)16(28)19-10(17(29)30)5-12(24)25/h7-11,13,22-23H,4-6,18H2,1-3H3,(H,19,28)(H,20,26)(H,21,27)(H,24,25)(H,29,30). The Bertz CT molecular complexity index is 639. The van der Waals surface area contributed by atoms with Crippen LogP contribution >= 0.6 is 0 Å². The Labute approximate surface area is 173 Å². The highest BCUT2D eigenvalue weighted by Crippen LogP contribution is 2.03. The van der Waals surface area contributed by atoms with Gasteiger partial charge in [-0.1, -0.05) is 13.8 Å². The van der Waals surface area contributed by atoms with Crippen LogP contribution in [0.3, 0.4) is 0 Å². The molecule has 0 rings (SSSR count). The van der Waals surface area contributed by atoms with Crippen molar-refractivity contribution in [3.63, 3.8) is 0 Å². The predicted molar refractivity (Wildman–Crippen MR) is 102 cm³/mol. The summed E-state index contributed by atoms with van der Waals surface area (Å²) in [4.78, 5) is 58.5. The molecule has 0 saturated carbocycles. The predicted octanol–water partition coefficient (Wildman–Crippen LogP) is -3.25. The fourth-order valence-corrected chi connectivity index (χ4v) is 2.38. The number of aliphatic hydroxyl groups excluding tert-OH is 2. The minimum absolute atomic E-state index is 0.100. The molecule has 0 aliphatic carbocycles. The average molecular weight is 434 g/mol. The SMILES string of the molecule is CC(C)CC(N)C(=O)NC(CO)C(=O)NC(C(=O)NC(CC(=O)O)C(=O)O)C(C)O. The number of nitrogens with one attached hydrogen (secondary N) is 3. The molecule has 0 aromatic rings. The Morgan fingerprint density at radius 2 is 1.40 bits per heavy atom. The van der Waals surface area contributed by atoms with E-state index in [1.165, 1.54) is 0 Å². The van der Waals surface area contributed by atoms with Crippen molar-refractivity contribution < 1.29 is 44.4 Å². The quantitative estimate of drug-likeness (QED) is 0.144. The average Bonchev–Trinajstić information content (AvgIpc) is 2.61. The molecule has 30 heavy (non-hydrogen) atoms. The van der Waals surface area contributed by atoms with Crippen molar-refractivity contribution in [2.45, 2.75) is 63.9 Å². The Balaban J connectivity index is 5.19. The van der Waals surface area contributed by atoms with Crippen LogP contribution in [0.4, 0.5) is 0 Å². The van der Waals surface area contributed by atoms with Gasteiger partial charge in [-0.3, -0.25) is 19.2 Å². The van der Waals surface area contributed by atoms with Gasteiger partial charge < -0.3 is 42.1 Å². The number of hydrogen-bond donors (Lipinski definition) is 8. The largest absolute Gasteiger partial charge is 0.481 e. The third-order valence-corrected chi connectivity index (χ3v) is 3.93. The van der Waals surface area contributed by atoms with Crippen LogP contribution in [0.5, 0.6) is 0 Å². The summed E-state index contributed by atoms with van der Waals surface area (Å²) in [6.45, 7) is 3.97. The number of carbonyl (C=O) groups is 5. The molecule has 0 aliphatic heterocycles. The topological polar surface area (TPSA) is 228 Å². The third-order valence-electron chi connectivity index (χ3n) is 3.93. The minimum Gasteiger partial charge on any atom is -0.481 e. The normalized spacial score (nSPS) is 16.0. The Kier molecular flexibility index (Phi) is 11.5. The van der Waals surface area contributed by atoms with Crippen LogP contribution in [0.15, 0.2) is 0 Å². The number of aliphatic carboxylic acids is 2. The van der Waals surface area contributed by atoms with Crippen LogP contribution in [0.1, 0.15) is 33.6 Å². The molecule has 172 valence electrons. The van der Waals surface area contributed by atoms with E-state index in [4.69, 9.17) is 15.9 Å². The van der Waals surface area contributed by atoms with Crippen molar-refractivity contribution in [3.8, 4) is 0 Å². The molecule has 9 N–H and O–H groups in total. The van der Waals surface area contributed by atoms with E-state index in [-0.39, 0.29) is 5.92 Å². The van der Waals surface area contributed by atoms with Gasteiger partial charge in [0.1, 0.15) is 18.1 Å². The molecule has 0 spiro atoms. The van der Waals surface area contributed by atoms with Crippen LogP contribution in [0.25, 0.3) is 0 Å². The van der Waals surface area contributed by atoms with E-state index >= 15 is 0 Å². The van der Waals surface area contributed by atoms with Crippen LogP contribution in [0, 0.1) is 5.92 Å². The molecule has 5 atom stereocenters. The summed E-state index contributed by atoms with van der Waals surface area (Å²) in [5.41, 5.74) is 5.71. The zero-order valence-electron chi connectivity index (χ0n) is 17.0. The van der Waals surface area contributed by atoms with Crippen molar-refractivity contribution in [2.75, 3.05) is 6.61 Å². The second kappa shape index (κ2) is 12.7. The molecule has 3 amide bonds. The summed E-state index contributed by atoms with van der Waals surface area (Å²) in [5.74, 6) is -5.91. The molecule has 5 unspecified atom stereocenters. The van der Waals surface area contributed by atoms with Gasteiger partial charge in [-0.25, -0.2) is 4.79 Å². The maximum absolute atomic E-state index is 12.3. The lowest BCUT2D eigenvalue weighted by Gasteiger charge is -2.25. The van der Waals surface area contributed by atoms with E-state index in [0.29, 0.717) is 6.42 Å². The van der Waals surface area contributed by atoms with E-state index < -0.39 is 73.0 Å². The highest BCUT2D eigenvalue weighted by molar-refractivity contribution is 5.95. The fourth-order valence-electron chi connectivity index (χ4n) is 2.38. The van der Waals surface area contributed by atoms with Crippen molar-refractivity contribution in [3.05, 3.63) is 0 Å². The van der Waals surface area contributed by atoms with Gasteiger partial charge in [-0.2, -0.15) is 0 Å². The maximum Gasteiger partial charge on any atom is 0.326 e. The zero-order chi connectivity index (χ0) is 23.6. The van der Waals surface area contributed by atoms with Crippen LogP contribution in [-0.4, -0.2) is 87.0 Å². The van der Waals surface area contributed by atoms with Crippen LogP contribution in [0.2, 0.25) is 0 Å². The molecule has 0 radical (unpaired) electrons. The van der Waals surface area contributed by atoms with Gasteiger partial charge in [0.15, 0.2) is 0 Å². The maximum atomic E-state index is 12.3. The van der Waals surface area contributed by atoms with Gasteiger partial charge in [-0.05, 0) is 19.3 Å². The second-order valence-corrected chi connectivity index (χ2v) is 7.20. The first kappa shape index (κ1) is 27.2. The number of nitrogens with two attached hydrogens (primary N) is 1. The molecular weight excluding hydrogens is 404 g/mol. The summed E-state index contributed by atoms with van der Waals surface area (Å²) < 4.78 is 0. The van der Waals surface area contributed by atoms with Gasteiger partial charge in [0.05, 0.1) is 25.2 Å². The lowest BCUT2D eigenvalue weighted by molar-refractivity contribution is -0.148. The molecule has 13 nitrogen and oxygen atoms in total. The summed E-state index contributed by atoms with van der Waals surface area (Å²) >= 11 is 0. The number of carbonyl (C=O) groups excluding carboxylic acids is 3. The smallest absolute Gasteiger partial charge is 0.326 e. The number of hydrogen-bond acceptors (Lipinski definition) is 8. The summed E-state index contributed by atoms with van der Waals surface area (Å²) in [5, 5.41) is 43.1. The minimum atomic E-state index is -1.80. The van der Waals surface area contributed by atoms with Crippen molar-refractivity contribution in [1.29, 1.82) is 0 Å². The first-order valence-corrected chi connectivity index (χ1v) is 9.20. The van der Waals surface area contributed by atoms with Crippen molar-refractivity contribution in [2.24, 2.45) is 11.7 Å². The first-order valence-electron chi connectivity index (χ1n) is 9.20. The summed E-state index contributed by atoms with van der Waals surface area (Å²) in [6, 6.07) is -5.90. The molecule has 0 aliphatic rings. The highest BCUT2D eigenvalue weighted by atomic mass is 16.4. The Morgan fingerprint density at radius 3 is 1.80 bits per heavy atom. The third kappa shape index (κ3) is 9.62. The van der Waals surface area contributed by atoms with E-state index in [9.17, 15) is 34.2 Å². The number of aliphatic hydroxyl groups is 2. The number of carboxylic acid groups (broad SMARTS) is 2. The van der Waals surface area contributed by atoms with Gasteiger partial charge in [0.25, 0.3) is 0 Å². The lowest BCUT2D eigenvalue weighted by Crippen LogP contribution is -2.60. The molecule has 0 aromatic carbocycles. The molecular formula is C17H30N4O9. The van der Waals surface area contributed by atoms with Crippen LogP contribution < -0.4 is 21.7 Å². The lowest BCUT2D eigenvalue weighted by atomic mass is 10.0. The second-order valence-electron chi connectivity index (χ2n) is 7.20. The fraction of sp³-hybridized carbons (Fsp3) is 0.706. The Morgan fingerprint density at radius 1 is 0.867 bits per heavy atom. The number of amides is 3. The molecule has 0 bridgehead atoms. The van der Waals surface area contributed by atoms with E-state index in [1.54, 1.807) is 0 Å². The Hall–Kier alpha value is -2.77. The number of rotatable bonds is 13. The highest BCUT2D eigenvalue weighted by Gasteiger charge is 2.33. The van der Waals surface area contributed by atoms with Gasteiger partial charge in [0, 0.05) is 0 Å². The van der Waals surface area contributed by atoms with Crippen molar-refractivity contribution in [1.82, 2.24) is 16.0 Å². The molecule has 0 saturated heterocycles. The monoisotopic (exact) mass is 434 g/mol. The first-order chi connectivity index (χ1) is 13.8. The number of carboxylic acids is 2. The van der Waals surface area contributed by atoms with Crippen LogP contribution in [-0.2, 0) is 24.0 Å². The van der Waals surface area contributed by atoms with Crippen molar-refractivity contribution >= 4 is 29.7 Å². The molecule has 0 heterocycles. The van der Waals surface area contributed by atoms with E-state index in [1.807, 2.05) is 19.2 Å². The summed E-state index contributed by atoms with van der Waals surface area (Å²) in [6.07, 6.45) is -2.11. The van der Waals surface area contributed by atoms with Gasteiger partial charge in [0.2, 0.25) is 17.7 Å². The van der Waals surface area contributed by atoms with E-state index in [2.05, 4.69) is 10.6 Å². The zero-order valence-corrected chi connectivity index (χ0v) is 17.0. The van der Waals surface area contributed by atoms with Gasteiger partial charge in [-0.15, -0.1) is 0 Å². The molecule has 13 heteroatoms. The van der Waals surface area contributed by atoms with E-state index in [0.717, 1.165) is 6.92 Å². The summed E-state index contributed by atoms with van der Waals surface area (Å²) in [7, 11) is 0. The molecule has 0 fully saturated rings. The molecule has 0 aromatic heterocycles. The van der Waals surface area contributed by atoms with Gasteiger partial charge >= 0.3 is 11.9 Å².